The minimum atomic E-state index is -4.16. The minimum absolute atomic E-state index is 0.0154. The van der Waals surface area contributed by atoms with E-state index in [0.717, 1.165) is 9.87 Å². The molecule has 3 rings (SSSR count). The summed E-state index contributed by atoms with van der Waals surface area (Å²) in [7, 11) is -2.66. The molecule has 1 atom stereocenters. The van der Waals surface area contributed by atoms with Gasteiger partial charge in [-0.25, -0.2) is 12.8 Å². The van der Waals surface area contributed by atoms with Gasteiger partial charge in [-0.15, -0.1) is 0 Å². The second-order valence-electron chi connectivity index (χ2n) is 8.74. The lowest BCUT2D eigenvalue weighted by molar-refractivity contribution is -0.139. The summed E-state index contributed by atoms with van der Waals surface area (Å²) in [5.41, 5.74) is 1.73. The number of nitrogens with one attached hydrogen (secondary N) is 1. The Labute approximate surface area is 223 Å². The minimum Gasteiger partial charge on any atom is -0.497 e. The number of ether oxygens (including phenoxy) is 1. The maximum absolute atomic E-state index is 13.8. The number of benzene rings is 3. The van der Waals surface area contributed by atoms with Crippen LogP contribution in [0.4, 0.5) is 10.1 Å². The number of nitrogens with zero attached hydrogens (tertiary/aromatic N) is 2. The molecule has 0 bridgehead atoms. The molecule has 3 aromatic carbocycles. The highest BCUT2D eigenvalue weighted by molar-refractivity contribution is 7.92. The molecule has 0 saturated heterocycles. The van der Waals surface area contributed by atoms with Crippen molar-refractivity contribution in [1.29, 1.82) is 0 Å². The summed E-state index contributed by atoms with van der Waals surface area (Å²) in [5, 5.41) is 2.70. The van der Waals surface area contributed by atoms with E-state index in [-0.39, 0.29) is 23.0 Å². The maximum atomic E-state index is 13.8. The Morgan fingerprint density at radius 2 is 1.58 bits per heavy atom. The van der Waals surface area contributed by atoms with Crippen molar-refractivity contribution in [3.05, 3.63) is 89.7 Å². The fraction of sp³-hybridized carbons (Fsp3) is 0.286. The number of amides is 2. The molecule has 0 aromatic heterocycles. The number of carbonyl (C=O) groups is 2. The average Bonchev–Trinajstić information content (AvgIpc) is 2.91. The van der Waals surface area contributed by atoms with Crippen LogP contribution in [0.1, 0.15) is 25.0 Å². The van der Waals surface area contributed by atoms with E-state index in [1.807, 2.05) is 6.92 Å². The third-order valence-electron chi connectivity index (χ3n) is 6.03. The summed E-state index contributed by atoms with van der Waals surface area (Å²) < 4.78 is 47.2. The summed E-state index contributed by atoms with van der Waals surface area (Å²) in [4.78, 5) is 27.8. The van der Waals surface area contributed by atoms with Crippen molar-refractivity contribution in [2.45, 2.75) is 38.3 Å². The van der Waals surface area contributed by atoms with Gasteiger partial charge in [-0.1, -0.05) is 29.8 Å². The van der Waals surface area contributed by atoms with Gasteiger partial charge in [0, 0.05) is 13.1 Å². The van der Waals surface area contributed by atoms with E-state index in [1.165, 1.54) is 48.4 Å². The summed E-state index contributed by atoms with van der Waals surface area (Å²) in [5.74, 6) is -0.895. The van der Waals surface area contributed by atoms with Crippen LogP contribution < -0.4 is 14.4 Å². The molecule has 1 N–H and O–H groups in total. The highest BCUT2D eigenvalue weighted by Crippen LogP contribution is 2.26. The number of methoxy groups -OCH3 is 1. The predicted octanol–water partition coefficient (Wildman–Crippen LogP) is 3.89. The Bertz CT molecular complexity index is 1340. The van der Waals surface area contributed by atoms with Gasteiger partial charge in [0.2, 0.25) is 11.8 Å². The summed E-state index contributed by atoms with van der Waals surface area (Å²) in [6, 6.07) is 17.3. The lowest BCUT2D eigenvalue weighted by Gasteiger charge is -2.32. The van der Waals surface area contributed by atoms with Crippen LogP contribution in [-0.4, -0.2) is 51.4 Å². The third-order valence-corrected chi connectivity index (χ3v) is 7.82. The molecule has 3 aromatic rings. The van der Waals surface area contributed by atoms with Crippen LogP contribution in [0.3, 0.4) is 0 Å². The Hall–Kier alpha value is -3.92. The predicted molar refractivity (Wildman–Crippen MR) is 144 cm³/mol. The Morgan fingerprint density at radius 3 is 2.13 bits per heavy atom. The van der Waals surface area contributed by atoms with Crippen molar-refractivity contribution < 1.29 is 27.1 Å². The van der Waals surface area contributed by atoms with Gasteiger partial charge in [-0.2, -0.15) is 0 Å². The zero-order valence-electron chi connectivity index (χ0n) is 21.8. The molecule has 2 amide bonds. The molecule has 10 heteroatoms. The molecule has 202 valence electrons. The van der Waals surface area contributed by atoms with Crippen LogP contribution >= 0.6 is 0 Å². The topological polar surface area (TPSA) is 96.0 Å². The largest absolute Gasteiger partial charge is 0.497 e. The molecule has 0 aliphatic heterocycles. The van der Waals surface area contributed by atoms with E-state index < -0.39 is 34.3 Å². The molecule has 0 heterocycles. The first-order chi connectivity index (χ1) is 18.1. The van der Waals surface area contributed by atoms with Crippen molar-refractivity contribution in [2.24, 2.45) is 0 Å². The van der Waals surface area contributed by atoms with Gasteiger partial charge in [0.15, 0.2) is 0 Å². The zero-order chi connectivity index (χ0) is 27.9. The molecular weight excluding hydrogens is 509 g/mol. The van der Waals surface area contributed by atoms with Gasteiger partial charge in [0.25, 0.3) is 10.0 Å². The number of sulfonamides is 1. The SMILES string of the molecule is CCNC(=O)C(C)N(Cc1ccc(F)cc1)C(=O)CN(c1ccc(OC)cc1)S(=O)(=O)c1ccc(C)cc1. The molecule has 0 fully saturated rings. The van der Waals surface area contributed by atoms with Crippen molar-refractivity contribution in [1.82, 2.24) is 10.2 Å². The monoisotopic (exact) mass is 541 g/mol. The van der Waals surface area contributed by atoms with E-state index in [2.05, 4.69) is 5.32 Å². The molecule has 38 heavy (non-hydrogen) atoms. The first-order valence-electron chi connectivity index (χ1n) is 12.1. The number of hydrogen-bond donors (Lipinski definition) is 1. The van der Waals surface area contributed by atoms with E-state index in [4.69, 9.17) is 4.74 Å². The lowest BCUT2D eigenvalue weighted by atomic mass is 10.1. The Balaban J connectivity index is 2.02. The Kier molecular flexibility index (Phi) is 9.46. The molecule has 0 radical (unpaired) electrons. The maximum Gasteiger partial charge on any atom is 0.264 e. The smallest absolute Gasteiger partial charge is 0.264 e. The lowest BCUT2D eigenvalue weighted by Crippen LogP contribution is -2.51. The molecule has 8 nitrogen and oxygen atoms in total. The summed E-state index contributed by atoms with van der Waals surface area (Å²) in [6.07, 6.45) is 0. The van der Waals surface area contributed by atoms with Crippen LogP contribution in [0.25, 0.3) is 0 Å². The highest BCUT2D eigenvalue weighted by Gasteiger charge is 2.32. The van der Waals surface area contributed by atoms with Gasteiger partial charge >= 0.3 is 0 Å². The second kappa shape index (κ2) is 12.6. The number of anilines is 1. The van der Waals surface area contributed by atoms with E-state index >= 15 is 0 Å². The first kappa shape index (κ1) is 28.6. The summed E-state index contributed by atoms with van der Waals surface area (Å²) >= 11 is 0. The second-order valence-corrected chi connectivity index (χ2v) is 10.6. The number of likely N-dealkylation sites (N-methyl/N-ethyl adjacent to an activating group) is 1. The number of carbonyl (C=O) groups excluding carboxylic acids is 2. The quantitative estimate of drug-likeness (QED) is 0.397. The third kappa shape index (κ3) is 6.89. The van der Waals surface area contributed by atoms with Crippen molar-refractivity contribution >= 4 is 27.5 Å². The van der Waals surface area contributed by atoms with Gasteiger partial charge in [-0.3, -0.25) is 13.9 Å². The van der Waals surface area contributed by atoms with E-state index in [1.54, 1.807) is 50.2 Å². The standard InChI is InChI=1S/C28H32FN3O5S/c1-5-30-28(34)21(3)31(18-22-8-10-23(29)11-9-22)27(33)19-32(24-12-14-25(37-4)15-13-24)38(35,36)26-16-6-20(2)7-17-26/h6-17,21H,5,18-19H2,1-4H3,(H,30,34). The first-order valence-corrected chi connectivity index (χ1v) is 13.6. The highest BCUT2D eigenvalue weighted by atomic mass is 32.2. The fourth-order valence-corrected chi connectivity index (χ4v) is 5.22. The van der Waals surface area contributed by atoms with Crippen molar-refractivity contribution in [3.63, 3.8) is 0 Å². The van der Waals surface area contributed by atoms with Crippen molar-refractivity contribution in [2.75, 3.05) is 24.5 Å². The number of halogens is 1. The number of hydrogen-bond acceptors (Lipinski definition) is 5. The van der Waals surface area contributed by atoms with Crippen LogP contribution in [0.2, 0.25) is 0 Å². The van der Waals surface area contributed by atoms with Crippen molar-refractivity contribution in [3.8, 4) is 5.75 Å². The summed E-state index contributed by atoms with van der Waals surface area (Å²) in [6.45, 7) is 4.96. The van der Waals surface area contributed by atoms with Gasteiger partial charge < -0.3 is 15.0 Å². The van der Waals surface area contributed by atoms with Crippen LogP contribution in [0, 0.1) is 12.7 Å². The number of aryl methyl sites for hydroxylation is 1. The van der Waals surface area contributed by atoms with E-state index in [9.17, 15) is 22.4 Å². The Morgan fingerprint density at radius 1 is 0.974 bits per heavy atom. The number of rotatable bonds is 11. The van der Waals surface area contributed by atoms with Crippen LogP contribution in [-0.2, 0) is 26.2 Å². The molecule has 0 saturated carbocycles. The molecule has 0 spiro atoms. The molecular formula is C28H32FN3O5S. The molecule has 0 aliphatic rings. The van der Waals surface area contributed by atoms with Gasteiger partial charge in [-0.05, 0) is 74.9 Å². The molecule has 0 aliphatic carbocycles. The normalized spacial score (nSPS) is 11.9. The fourth-order valence-electron chi connectivity index (χ4n) is 3.81. The zero-order valence-corrected chi connectivity index (χ0v) is 22.7. The molecule has 1 unspecified atom stereocenters. The van der Waals surface area contributed by atoms with Gasteiger partial charge in [0.1, 0.15) is 24.2 Å². The van der Waals surface area contributed by atoms with Gasteiger partial charge in [0.05, 0.1) is 17.7 Å². The van der Waals surface area contributed by atoms with Crippen LogP contribution in [0.5, 0.6) is 5.75 Å². The average molecular weight is 542 g/mol. The van der Waals surface area contributed by atoms with E-state index in [0.29, 0.717) is 17.9 Å². The van der Waals surface area contributed by atoms with Crippen LogP contribution in [0.15, 0.2) is 77.7 Å².